The van der Waals surface area contributed by atoms with Crippen molar-refractivity contribution in [3.05, 3.63) is 39.7 Å². The lowest BCUT2D eigenvalue weighted by atomic mass is 9.57. The number of hydrogen-bond acceptors (Lipinski definition) is 11. The topological polar surface area (TPSA) is 168 Å². The van der Waals surface area contributed by atoms with Gasteiger partial charge in [-0.2, -0.15) is 0 Å². The van der Waals surface area contributed by atoms with Gasteiger partial charge in [-0.25, -0.2) is 0 Å². The summed E-state index contributed by atoms with van der Waals surface area (Å²) in [6, 6.07) is 0.477. The number of ketones is 3. The van der Waals surface area contributed by atoms with E-state index in [0.717, 1.165) is 6.92 Å². The minimum Gasteiger partial charge on any atom is -0.508 e. The van der Waals surface area contributed by atoms with Crippen LogP contribution in [0.5, 0.6) is 5.75 Å². The number of benzene rings is 1. The van der Waals surface area contributed by atoms with Gasteiger partial charge in [0.15, 0.2) is 17.2 Å². The first-order valence-corrected chi connectivity index (χ1v) is 13.5. The number of carbonyl (C=O) groups excluding carboxylic acids is 4. The van der Waals surface area contributed by atoms with Gasteiger partial charge in [-0.15, -0.1) is 0 Å². The zero-order valence-corrected chi connectivity index (χ0v) is 23.7. The molecule has 12 nitrogen and oxygen atoms in total. The van der Waals surface area contributed by atoms with Crippen molar-refractivity contribution in [3.8, 4) is 5.75 Å². The Labute approximate surface area is 237 Å². The number of aliphatic hydroxyl groups excluding tert-OH is 2. The second-order valence-electron chi connectivity index (χ2n) is 11.6. The van der Waals surface area contributed by atoms with Crippen molar-refractivity contribution in [1.82, 2.24) is 9.80 Å². The number of rotatable bonds is 4. The first kappa shape index (κ1) is 28.8. The number of nitrogens with zero attached hydrogens (tertiary/aromatic N) is 3. The molecule has 5 rings (SSSR count). The summed E-state index contributed by atoms with van der Waals surface area (Å²) in [4.78, 5) is 58.0. The molecular weight excluding hydrogens is 534 g/mol. The van der Waals surface area contributed by atoms with Crippen molar-refractivity contribution in [2.24, 2.45) is 11.8 Å². The predicted molar refractivity (Wildman–Crippen MR) is 147 cm³/mol. The molecule has 1 saturated heterocycles. The molecular formula is C29H35N3O9. The van der Waals surface area contributed by atoms with Gasteiger partial charge in [0.2, 0.25) is 5.78 Å². The summed E-state index contributed by atoms with van der Waals surface area (Å²) in [5.41, 5.74) is -2.63. The Morgan fingerprint density at radius 1 is 1.07 bits per heavy atom. The van der Waals surface area contributed by atoms with E-state index in [9.17, 15) is 39.6 Å². The van der Waals surface area contributed by atoms with Gasteiger partial charge in [-0.3, -0.25) is 24.1 Å². The number of aromatic hydroxyl groups is 1. The number of phenolic OH excluding ortho intramolecular Hbond substituents is 1. The van der Waals surface area contributed by atoms with Crippen LogP contribution in [0.2, 0.25) is 0 Å². The average Bonchev–Trinajstić information content (AvgIpc) is 2.90. The molecule has 0 radical (unpaired) electrons. The highest BCUT2D eigenvalue weighted by molar-refractivity contribution is 6.25. The third kappa shape index (κ3) is 4.07. The molecule has 4 N–H and O–H groups in total. The van der Waals surface area contributed by atoms with E-state index in [0.29, 0.717) is 37.6 Å². The van der Waals surface area contributed by atoms with E-state index in [1.165, 1.54) is 9.80 Å². The minimum absolute atomic E-state index is 0.0208. The number of anilines is 1. The molecule has 1 aromatic rings. The van der Waals surface area contributed by atoms with Crippen LogP contribution >= 0.6 is 0 Å². The van der Waals surface area contributed by atoms with Crippen LogP contribution in [0.15, 0.2) is 23.0 Å². The van der Waals surface area contributed by atoms with E-state index in [1.807, 2.05) is 0 Å². The zero-order valence-electron chi connectivity index (χ0n) is 23.7. The highest BCUT2D eigenvalue weighted by Gasteiger charge is 2.64. The van der Waals surface area contributed by atoms with E-state index in [4.69, 9.17) is 4.74 Å². The van der Waals surface area contributed by atoms with Crippen molar-refractivity contribution < 1.29 is 44.3 Å². The number of morpholine rings is 1. The number of hydrogen-bond donors (Lipinski definition) is 4. The lowest BCUT2D eigenvalue weighted by Crippen LogP contribution is -2.65. The standard InChI is InChI=1S/C29H35N3O9/c1-13(33)19-25(36)22(31(4)5)17-11-14-10-15-18(30(2)3)12-16(28(39)32-6-8-41-9-7-32)23(34)21(15)24(35)20(14)27(38)29(17,40)26(19)37/h12,14,17,22,34-35,37,40H,6-11H2,1-5H3/t14?,17?,22-,29+/m0/s1. The Balaban J connectivity index is 1.72. The molecule has 2 unspecified atom stereocenters. The fourth-order valence-corrected chi connectivity index (χ4v) is 6.89. The first-order chi connectivity index (χ1) is 19.2. The van der Waals surface area contributed by atoms with Crippen molar-refractivity contribution in [3.63, 3.8) is 0 Å². The van der Waals surface area contributed by atoms with Crippen LogP contribution < -0.4 is 4.90 Å². The monoisotopic (exact) mass is 569 g/mol. The van der Waals surface area contributed by atoms with Crippen LogP contribution in [0.1, 0.15) is 34.8 Å². The molecule has 0 aromatic heterocycles. The average molecular weight is 570 g/mol. The zero-order chi connectivity index (χ0) is 30.1. The summed E-state index contributed by atoms with van der Waals surface area (Å²) in [5.74, 6) is -6.92. The quantitative estimate of drug-likeness (QED) is 0.375. The van der Waals surface area contributed by atoms with Crippen molar-refractivity contribution >= 4 is 34.7 Å². The van der Waals surface area contributed by atoms with Gasteiger partial charge >= 0.3 is 0 Å². The molecule has 41 heavy (non-hydrogen) atoms. The summed E-state index contributed by atoms with van der Waals surface area (Å²) < 4.78 is 5.33. The maximum atomic E-state index is 14.1. The number of phenols is 1. The summed E-state index contributed by atoms with van der Waals surface area (Å²) in [6.07, 6.45) is 0.172. The van der Waals surface area contributed by atoms with Gasteiger partial charge in [0, 0.05) is 44.4 Å². The summed E-state index contributed by atoms with van der Waals surface area (Å²) in [5, 5.41) is 45.9. The van der Waals surface area contributed by atoms with Crippen LogP contribution in [-0.2, 0) is 25.5 Å². The summed E-state index contributed by atoms with van der Waals surface area (Å²) >= 11 is 0. The lowest BCUT2D eigenvalue weighted by molar-refractivity contribution is -0.153. The molecule has 1 aliphatic heterocycles. The van der Waals surface area contributed by atoms with Crippen LogP contribution in [0, 0.1) is 11.8 Å². The van der Waals surface area contributed by atoms with E-state index >= 15 is 0 Å². The Morgan fingerprint density at radius 3 is 2.27 bits per heavy atom. The number of likely N-dealkylation sites (N-methyl/N-ethyl adjacent to an activating group) is 1. The SMILES string of the molecule is CC(=O)C1=C(O)[C@@]2(O)C(=O)C3=C(O)c4c(O)c(C(=O)N5CCOCC5)cc(N(C)C)c4CC3CC2[C@H](N(C)C)C1=O. The van der Waals surface area contributed by atoms with E-state index in [1.54, 1.807) is 39.2 Å². The predicted octanol–water partition coefficient (Wildman–Crippen LogP) is 0.606. The lowest BCUT2D eigenvalue weighted by Gasteiger charge is -2.50. The van der Waals surface area contributed by atoms with Gasteiger partial charge < -0.3 is 35.0 Å². The number of carbonyl (C=O) groups is 4. The molecule has 1 aromatic carbocycles. The summed E-state index contributed by atoms with van der Waals surface area (Å²) in [7, 11) is 6.68. The maximum Gasteiger partial charge on any atom is 0.257 e. The van der Waals surface area contributed by atoms with Crippen molar-refractivity contribution in [1.29, 1.82) is 0 Å². The van der Waals surface area contributed by atoms with Crippen LogP contribution in [0.4, 0.5) is 5.69 Å². The van der Waals surface area contributed by atoms with Gasteiger partial charge in [0.05, 0.1) is 30.4 Å². The van der Waals surface area contributed by atoms with Crippen LogP contribution in [0.25, 0.3) is 5.76 Å². The number of aliphatic hydroxyl groups is 3. The molecule has 4 atom stereocenters. The Hall–Kier alpha value is -3.74. The Kier molecular flexibility index (Phi) is 6.99. The molecule has 2 fully saturated rings. The number of amides is 1. The maximum absolute atomic E-state index is 14.1. The number of ether oxygens (including phenoxy) is 1. The number of fused-ring (bicyclic) bond motifs is 3. The van der Waals surface area contributed by atoms with Crippen molar-refractivity contribution in [2.45, 2.75) is 31.4 Å². The van der Waals surface area contributed by atoms with Crippen LogP contribution in [0.3, 0.4) is 0 Å². The molecule has 4 aliphatic rings. The smallest absolute Gasteiger partial charge is 0.257 e. The van der Waals surface area contributed by atoms with Crippen molar-refractivity contribution in [2.75, 3.05) is 59.4 Å². The minimum atomic E-state index is -2.65. The van der Waals surface area contributed by atoms with Gasteiger partial charge in [-0.1, -0.05) is 0 Å². The molecule has 1 amide bonds. The molecule has 220 valence electrons. The second kappa shape index (κ2) is 9.97. The highest BCUT2D eigenvalue weighted by atomic mass is 16.5. The molecule has 0 spiro atoms. The fourth-order valence-electron chi connectivity index (χ4n) is 6.89. The van der Waals surface area contributed by atoms with Gasteiger partial charge in [0.25, 0.3) is 5.91 Å². The Bertz CT molecular complexity index is 1440. The Morgan fingerprint density at radius 2 is 1.71 bits per heavy atom. The molecule has 1 saturated carbocycles. The number of Topliss-reactive ketones (excluding diaryl/α,β-unsaturated/α-hetero) is 3. The van der Waals surface area contributed by atoms with E-state index in [-0.39, 0.29) is 29.5 Å². The van der Waals surface area contributed by atoms with E-state index in [2.05, 4.69) is 0 Å². The second-order valence-corrected chi connectivity index (χ2v) is 11.6. The van der Waals surface area contributed by atoms with E-state index < -0.39 is 69.6 Å². The van der Waals surface area contributed by atoms with Crippen LogP contribution in [-0.4, -0.2) is 120 Å². The molecule has 3 aliphatic carbocycles. The molecule has 0 bridgehead atoms. The normalized spacial score (nSPS) is 28.0. The van der Waals surface area contributed by atoms with Gasteiger partial charge in [-0.05, 0) is 51.4 Å². The first-order valence-electron chi connectivity index (χ1n) is 13.5. The fraction of sp³-hybridized carbons (Fsp3) is 0.517. The molecule has 12 heteroatoms. The summed E-state index contributed by atoms with van der Waals surface area (Å²) in [6.45, 7) is 2.41. The third-order valence-corrected chi connectivity index (χ3v) is 8.81. The van der Waals surface area contributed by atoms with Gasteiger partial charge in [0.1, 0.15) is 22.8 Å². The largest absolute Gasteiger partial charge is 0.508 e. The third-order valence-electron chi connectivity index (χ3n) is 8.81. The highest BCUT2D eigenvalue weighted by Crippen LogP contribution is 2.54. The molecule has 1 heterocycles.